The van der Waals surface area contributed by atoms with Crippen molar-refractivity contribution < 1.29 is 4.74 Å². The van der Waals surface area contributed by atoms with Crippen LogP contribution in [-0.2, 0) is 0 Å². The van der Waals surface area contributed by atoms with Gasteiger partial charge in [0, 0.05) is 6.04 Å². The summed E-state index contributed by atoms with van der Waals surface area (Å²) in [6.45, 7) is 1.91. The topological polar surface area (TPSA) is 48.1 Å². The number of aromatic nitrogens is 1. The molecule has 0 saturated heterocycles. The van der Waals surface area contributed by atoms with Crippen molar-refractivity contribution in [2.45, 2.75) is 13.0 Å². The molecule has 1 heterocycles. The van der Waals surface area contributed by atoms with Gasteiger partial charge in [-0.05, 0) is 42.0 Å². The second-order valence-corrected chi connectivity index (χ2v) is 4.82. The molecular weight excluding hydrogens is 248 g/mol. The summed E-state index contributed by atoms with van der Waals surface area (Å²) in [5.74, 6) is 1.52. The molecule has 0 unspecified atom stereocenters. The molecule has 2 N–H and O–H groups in total. The molecule has 0 saturated carbocycles. The predicted octanol–water partition coefficient (Wildman–Crippen LogP) is 4.05. The summed E-state index contributed by atoms with van der Waals surface area (Å²) in [4.78, 5) is 4.29. The van der Waals surface area contributed by atoms with Crippen LogP contribution in [0.5, 0.6) is 11.5 Å². The number of nitrogens with zero attached hydrogens (tertiary/aromatic N) is 1. The first-order valence-electron chi connectivity index (χ1n) is 6.60. The fourth-order valence-corrected chi connectivity index (χ4v) is 2.09. The number of nitrogens with two attached hydrogens (primary N) is 1. The van der Waals surface area contributed by atoms with E-state index in [9.17, 15) is 0 Å². The first-order valence-corrected chi connectivity index (χ1v) is 6.60. The summed E-state index contributed by atoms with van der Waals surface area (Å²) in [6.07, 6.45) is 1.70. The van der Waals surface area contributed by atoms with Crippen molar-refractivity contribution in [2.75, 3.05) is 0 Å². The SMILES string of the molecule is C[C@@H](N)c1ccc(Oc2ccc3ccccc3c2)cn1. The Balaban J connectivity index is 1.85. The zero-order valence-electron chi connectivity index (χ0n) is 11.3. The Morgan fingerprint density at radius 2 is 1.70 bits per heavy atom. The lowest BCUT2D eigenvalue weighted by Gasteiger charge is -2.08. The van der Waals surface area contributed by atoms with E-state index in [-0.39, 0.29) is 6.04 Å². The molecule has 2 aromatic carbocycles. The number of hydrogen-bond donors (Lipinski definition) is 1. The van der Waals surface area contributed by atoms with Gasteiger partial charge in [0.2, 0.25) is 0 Å². The zero-order valence-corrected chi connectivity index (χ0v) is 11.3. The fraction of sp³-hybridized carbons (Fsp3) is 0.118. The fourth-order valence-electron chi connectivity index (χ4n) is 2.09. The summed E-state index contributed by atoms with van der Waals surface area (Å²) < 4.78 is 5.82. The van der Waals surface area contributed by atoms with E-state index >= 15 is 0 Å². The van der Waals surface area contributed by atoms with Gasteiger partial charge in [-0.25, -0.2) is 0 Å². The van der Waals surface area contributed by atoms with Crippen LogP contribution >= 0.6 is 0 Å². The zero-order chi connectivity index (χ0) is 13.9. The summed E-state index contributed by atoms with van der Waals surface area (Å²) in [5.41, 5.74) is 6.63. The van der Waals surface area contributed by atoms with Crippen LogP contribution in [0.4, 0.5) is 0 Å². The van der Waals surface area contributed by atoms with Gasteiger partial charge in [-0.1, -0.05) is 30.3 Å². The van der Waals surface area contributed by atoms with Crippen LogP contribution in [-0.4, -0.2) is 4.98 Å². The van der Waals surface area contributed by atoms with Crippen molar-refractivity contribution in [3.63, 3.8) is 0 Å². The molecule has 0 aliphatic heterocycles. The molecule has 100 valence electrons. The van der Waals surface area contributed by atoms with Crippen molar-refractivity contribution in [2.24, 2.45) is 5.73 Å². The van der Waals surface area contributed by atoms with Crippen LogP contribution in [0.25, 0.3) is 10.8 Å². The van der Waals surface area contributed by atoms with E-state index < -0.39 is 0 Å². The van der Waals surface area contributed by atoms with Crippen molar-refractivity contribution in [1.82, 2.24) is 4.98 Å². The lowest BCUT2D eigenvalue weighted by atomic mass is 10.1. The molecule has 1 atom stereocenters. The minimum Gasteiger partial charge on any atom is -0.456 e. The molecule has 0 spiro atoms. The molecule has 0 amide bonds. The third kappa shape index (κ3) is 2.63. The molecule has 0 bridgehead atoms. The number of fused-ring (bicyclic) bond motifs is 1. The highest BCUT2D eigenvalue weighted by Crippen LogP contribution is 2.25. The number of hydrogen-bond acceptors (Lipinski definition) is 3. The predicted molar refractivity (Wildman–Crippen MR) is 80.9 cm³/mol. The molecule has 0 aliphatic carbocycles. The van der Waals surface area contributed by atoms with E-state index in [4.69, 9.17) is 10.5 Å². The maximum Gasteiger partial charge on any atom is 0.145 e. The van der Waals surface area contributed by atoms with Crippen molar-refractivity contribution >= 4 is 10.8 Å². The normalized spacial score (nSPS) is 12.3. The second-order valence-electron chi connectivity index (χ2n) is 4.82. The third-order valence-corrected chi connectivity index (χ3v) is 3.18. The quantitative estimate of drug-likeness (QED) is 0.776. The van der Waals surface area contributed by atoms with Crippen LogP contribution in [0.3, 0.4) is 0 Å². The van der Waals surface area contributed by atoms with Gasteiger partial charge >= 0.3 is 0 Å². The monoisotopic (exact) mass is 264 g/mol. The Labute approximate surface area is 118 Å². The van der Waals surface area contributed by atoms with E-state index in [2.05, 4.69) is 23.2 Å². The van der Waals surface area contributed by atoms with E-state index in [0.29, 0.717) is 5.75 Å². The summed E-state index contributed by atoms with van der Waals surface area (Å²) in [5, 5.41) is 2.36. The molecule has 3 nitrogen and oxygen atoms in total. The molecular formula is C17H16N2O. The number of ether oxygens (including phenoxy) is 1. The maximum atomic E-state index is 5.82. The van der Waals surface area contributed by atoms with Gasteiger partial charge in [-0.3, -0.25) is 4.98 Å². The lowest BCUT2D eigenvalue weighted by Crippen LogP contribution is -2.06. The maximum absolute atomic E-state index is 5.82. The molecule has 0 aliphatic rings. The van der Waals surface area contributed by atoms with Crippen molar-refractivity contribution in [1.29, 1.82) is 0 Å². The standard InChI is InChI=1S/C17H16N2O/c1-12(18)17-9-8-16(11-19-17)20-15-7-6-13-4-2-3-5-14(13)10-15/h2-12H,18H2,1H3/t12-/m1/s1. The molecule has 3 aromatic rings. The molecule has 0 radical (unpaired) electrons. The molecule has 20 heavy (non-hydrogen) atoms. The third-order valence-electron chi connectivity index (χ3n) is 3.18. The molecule has 3 rings (SSSR count). The summed E-state index contributed by atoms with van der Waals surface area (Å²) in [6, 6.07) is 17.9. The van der Waals surface area contributed by atoms with Gasteiger partial charge in [-0.15, -0.1) is 0 Å². The van der Waals surface area contributed by atoms with Crippen LogP contribution in [0, 0.1) is 0 Å². The molecule has 1 aromatic heterocycles. The Kier molecular flexibility index (Phi) is 3.35. The lowest BCUT2D eigenvalue weighted by molar-refractivity contribution is 0.480. The van der Waals surface area contributed by atoms with E-state index in [1.165, 1.54) is 5.39 Å². The van der Waals surface area contributed by atoms with Gasteiger partial charge in [0.1, 0.15) is 11.5 Å². The van der Waals surface area contributed by atoms with Crippen molar-refractivity contribution in [3.05, 3.63) is 66.5 Å². The number of benzene rings is 2. The van der Waals surface area contributed by atoms with Crippen LogP contribution in [0.15, 0.2) is 60.8 Å². The van der Waals surface area contributed by atoms with Gasteiger partial charge in [0.25, 0.3) is 0 Å². The number of rotatable bonds is 3. The Morgan fingerprint density at radius 1 is 0.950 bits per heavy atom. The van der Waals surface area contributed by atoms with Crippen molar-refractivity contribution in [3.8, 4) is 11.5 Å². The Hall–Kier alpha value is -2.39. The average molecular weight is 264 g/mol. The summed E-state index contributed by atoms with van der Waals surface area (Å²) >= 11 is 0. The summed E-state index contributed by atoms with van der Waals surface area (Å²) in [7, 11) is 0. The number of pyridine rings is 1. The minimum atomic E-state index is -0.0651. The van der Waals surface area contributed by atoms with E-state index in [1.54, 1.807) is 6.20 Å². The van der Waals surface area contributed by atoms with E-state index in [1.807, 2.05) is 43.3 Å². The van der Waals surface area contributed by atoms with Gasteiger partial charge in [0.15, 0.2) is 0 Å². The first kappa shape index (κ1) is 12.6. The average Bonchev–Trinajstić information content (AvgIpc) is 2.48. The smallest absolute Gasteiger partial charge is 0.145 e. The van der Waals surface area contributed by atoms with E-state index in [0.717, 1.165) is 16.8 Å². The Morgan fingerprint density at radius 3 is 2.40 bits per heavy atom. The highest BCUT2D eigenvalue weighted by Gasteiger charge is 2.03. The second kappa shape index (κ2) is 5.31. The van der Waals surface area contributed by atoms with Crippen LogP contribution in [0.2, 0.25) is 0 Å². The van der Waals surface area contributed by atoms with Gasteiger partial charge in [0.05, 0.1) is 11.9 Å². The van der Waals surface area contributed by atoms with Crippen LogP contribution < -0.4 is 10.5 Å². The molecule has 3 heteroatoms. The minimum absolute atomic E-state index is 0.0651. The highest BCUT2D eigenvalue weighted by molar-refractivity contribution is 5.83. The Bertz CT molecular complexity index is 720. The van der Waals surface area contributed by atoms with Crippen LogP contribution in [0.1, 0.15) is 18.7 Å². The largest absolute Gasteiger partial charge is 0.456 e. The molecule has 0 fully saturated rings. The van der Waals surface area contributed by atoms with Gasteiger partial charge in [-0.2, -0.15) is 0 Å². The highest BCUT2D eigenvalue weighted by atomic mass is 16.5. The first-order chi connectivity index (χ1) is 9.72. The van der Waals surface area contributed by atoms with Gasteiger partial charge < -0.3 is 10.5 Å².